The molecule has 1 atom stereocenters. The monoisotopic (exact) mass is 282 g/mol. The minimum absolute atomic E-state index is 0.0275. The lowest BCUT2D eigenvalue weighted by Crippen LogP contribution is -2.46. The van der Waals surface area contributed by atoms with E-state index in [1.807, 2.05) is 37.5 Å². The van der Waals surface area contributed by atoms with E-state index < -0.39 is 0 Å². The molecule has 2 heterocycles. The molecule has 5 heteroatoms. The zero-order valence-electron chi connectivity index (χ0n) is 13.0. The number of nitrogens with zero attached hydrogens (tertiary/aromatic N) is 2. The molecular formula is C15H26N2O3. The summed E-state index contributed by atoms with van der Waals surface area (Å²) in [7, 11) is 0. The first kappa shape index (κ1) is 15.3. The van der Waals surface area contributed by atoms with Gasteiger partial charge < -0.3 is 14.5 Å². The molecule has 114 valence electrons. The number of carbonyl (C=O) groups excluding carboxylic acids is 2. The van der Waals surface area contributed by atoms with Crippen molar-refractivity contribution in [3.8, 4) is 0 Å². The van der Waals surface area contributed by atoms with E-state index >= 15 is 0 Å². The van der Waals surface area contributed by atoms with Gasteiger partial charge in [-0.05, 0) is 20.3 Å². The van der Waals surface area contributed by atoms with Crippen LogP contribution in [0.4, 0.5) is 0 Å². The Labute approximate surface area is 121 Å². The standard InChI is InChI=1S/C15H26N2O3/c1-11(2)14(19)16-6-5-15(8-16)9-17(12(3)4)13(18)7-20-10-15/h11-12H,5-10H2,1-4H3. The maximum absolute atomic E-state index is 12.1. The molecule has 0 aliphatic carbocycles. The van der Waals surface area contributed by atoms with Crippen LogP contribution in [0.5, 0.6) is 0 Å². The Morgan fingerprint density at radius 1 is 1.25 bits per heavy atom. The molecule has 0 aromatic heterocycles. The zero-order chi connectivity index (χ0) is 14.9. The number of carbonyl (C=O) groups is 2. The van der Waals surface area contributed by atoms with Gasteiger partial charge in [0.15, 0.2) is 0 Å². The van der Waals surface area contributed by atoms with Crippen LogP contribution in [0.15, 0.2) is 0 Å². The number of ether oxygens (including phenoxy) is 1. The van der Waals surface area contributed by atoms with Gasteiger partial charge in [-0.2, -0.15) is 0 Å². The summed E-state index contributed by atoms with van der Waals surface area (Å²) < 4.78 is 5.58. The lowest BCUT2D eigenvalue weighted by molar-refractivity contribution is -0.135. The summed E-state index contributed by atoms with van der Waals surface area (Å²) in [4.78, 5) is 28.0. The number of hydrogen-bond donors (Lipinski definition) is 0. The van der Waals surface area contributed by atoms with Crippen LogP contribution in [-0.2, 0) is 14.3 Å². The lowest BCUT2D eigenvalue weighted by atomic mass is 9.87. The summed E-state index contributed by atoms with van der Waals surface area (Å²) in [5.74, 6) is 0.290. The van der Waals surface area contributed by atoms with Gasteiger partial charge in [-0.1, -0.05) is 13.8 Å². The Morgan fingerprint density at radius 2 is 1.95 bits per heavy atom. The highest BCUT2D eigenvalue weighted by Gasteiger charge is 2.44. The van der Waals surface area contributed by atoms with Crippen molar-refractivity contribution in [1.82, 2.24) is 9.80 Å². The van der Waals surface area contributed by atoms with Crippen molar-refractivity contribution >= 4 is 11.8 Å². The summed E-state index contributed by atoms with van der Waals surface area (Å²) in [6, 6.07) is 0.177. The minimum atomic E-state index is -0.0824. The van der Waals surface area contributed by atoms with E-state index in [0.29, 0.717) is 19.7 Å². The fraction of sp³-hybridized carbons (Fsp3) is 0.867. The van der Waals surface area contributed by atoms with Gasteiger partial charge in [0.25, 0.3) is 0 Å². The third kappa shape index (κ3) is 2.97. The molecule has 2 saturated heterocycles. The summed E-state index contributed by atoms with van der Waals surface area (Å²) >= 11 is 0. The molecule has 0 N–H and O–H groups in total. The minimum Gasteiger partial charge on any atom is -0.371 e. The van der Waals surface area contributed by atoms with Gasteiger partial charge in [-0.15, -0.1) is 0 Å². The molecule has 0 bridgehead atoms. The molecule has 0 aromatic carbocycles. The Morgan fingerprint density at radius 3 is 2.55 bits per heavy atom. The van der Waals surface area contributed by atoms with Crippen LogP contribution >= 0.6 is 0 Å². The fourth-order valence-corrected chi connectivity index (χ4v) is 3.14. The molecule has 2 fully saturated rings. The average Bonchev–Trinajstić information content (AvgIpc) is 2.70. The van der Waals surface area contributed by atoms with E-state index in [1.165, 1.54) is 0 Å². The van der Waals surface area contributed by atoms with Crippen molar-refractivity contribution < 1.29 is 14.3 Å². The second kappa shape index (κ2) is 5.72. The second-order valence-corrected chi connectivity index (χ2v) is 6.77. The van der Waals surface area contributed by atoms with Gasteiger partial charge in [0.1, 0.15) is 6.61 Å². The normalized spacial score (nSPS) is 27.8. The van der Waals surface area contributed by atoms with Crippen LogP contribution in [0.2, 0.25) is 0 Å². The quantitative estimate of drug-likeness (QED) is 0.763. The topological polar surface area (TPSA) is 49.9 Å². The third-order valence-corrected chi connectivity index (χ3v) is 4.33. The largest absolute Gasteiger partial charge is 0.371 e. The SMILES string of the molecule is CC(C)C(=O)N1CCC2(COCC(=O)N(C(C)C)C2)C1. The van der Waals surface area contributed by atoms with Crippen molar-refractivity contribution in [3.05, 3.63) is 0 Å². The molecule has 0 aromatic rings. The van der Waals surface area contributed by atoms with Gasteiger partial charge in [0.2, 0.25) is 11.8 Å². The fourth-order valence-electron chi connectivity index (χ4n) is 3.14. The van der Waals surface area contributed by atoms with Crippen molar-refractivity contribution in [2.75, 3.05) is 32.8 Å². The van der Waals surface area contributed by atoms with Gasteiger partial charge in [-0.25, -0.2) is 0 Å². The maximum atomic E-state index is 12.1. The van der Waals surface area contributed by atoms with E-state index in [1.54, 1.807) is 0 Å². The van der Waals surface area contributed by atoms with Crippen LogP contribution in [0.25, 0.3) is 0 Å². The van der Waals surface area contributed by atoms with Crippen molar-refractivity contribution in [2.45, 2.75) is 40.2 Å². The molecule has 2 aliphatic rings. The predicted molar refractivity (Wildman–Crippen MR) is 76.1 cm³/mol. The van der Waals surface area contributed by atoms with Crippen LogP contribution in [0.1, 0.15) is 34.1 Å². The summed E-state index contributed by atoms with van der Waals surface area (Å²) in [6.45, 7) is 10.8. The number of hydrogen-bond acceptors (Lipinski definition) is 3. The molecule has 5 nitrogen and oxygen atoms in total. The van der Waals surface area contributed by atoms with E-state index in [9.17, 15) is 9.59 Å². The van der Waals surface area contributed by atoms with Crippen LogP contribution in [0.3, 0.4) is 0 Å². The highest BCUT2D eigenvalue weighted by atomic mass is 16.5. The highest BCUT2D eigenvalue weighted by molar-refractivity contribution is 5.79. The van der Waals surface area contributed by atoms with Crippen LogP contribution in [0, 0.1) is 11.3 Å². The molecule has 0 radical (unpaired) electrons. The zero-order valence-corrected chi connectivity index (χ0v) is 13.0. The van der Waals surface area contributed by atoms with Gasteiger partial charge in [-0.3, -0.25) is 9.59 Å². The highest BCUT2D eigenvalue weighted by Crippen LogP contribution is 2.34. The lowest BCUT2D eigenvalue weighted by Gasteiger charge is -2.34. The van der Waals surface area contributed by atoms with Crippen molar-refractivity contribution in [3.63, 3.8) is 0 Å². The first-order valence-electron chi connectivity index (χ1n) is 7.51. The third-order valence-electron chi connectivity index (χ3n) is 4.33. The average molecular weight is 282 g/mol. The molecule has 2 rings (SSSR count). The van der Waals surface area contributed by atoms with Crippen molar-refractivity contribution in [2.24, 2.45) is 11.3 Å². The number of amides is 2. The smallest absolute Gasteiger partial charge is 0.248 e. The van der Waals surface area contributed by atoms with Gasteiger partial charge in [0, 0.05) is 37.0 Å². The molecule has 1 unspecified atom stereocenters. The first-order valence-corrected chi connectivity index (χ1v) is 7.51. The van der Waals surface area contributed by atoms with E-state index in [0.717, 1.165) is 13.0 Å². The van der Waals surface area contributed by atoms with E-state index in [2.05, 4.69) is 0 Å². The first-order chi connectivity index (χ1) is 9.34. The van der Waals surface area contributed by atoms with Crippen LogP contribution < -0.4 is 0 Å². The molecule has 2 amide bonds. The summed E-state index contributed by atoms with van der Waals surface area (Å²) in [5.41, 5.74) is -0.0824. The number of rotatable bonds is 2. The van der Waals surface area contributed by atoms with E-state index in [-0.39, 0.29) is 35.8 Å². The predicted octanol–water partition coefficient (Wildman–Crippen LogP) is 1.13. The molecule has 2 aliphatic heterocycles. The Bertz CT molecular complexity index is 395. The second-order valence-electron chi connectivity index (χ2n) is 6.77. The molecule has 0 saturated carbocycles. The van der Waals surface area contributed by atoms with Crippen LogP contribution in [-0.4, -0.2) is 60.5 Å². The van der Waals surface area contributed by atoms with Gasteiger partial charge >= 0.3 is 0 Å². The summed E-state index contributed by atoms with van der Waals surface area (Å²) in [6.07, 6.45) is 0.919. The molecule has 20 heavy (non-hydrogen) atoms. The maximum Gasteiger partial charge on any atom is 0.248 e. The Balaban J connectivity index is 2.11. The Hall–Kier alpha value is -1.10. The summed E-state index contributed by atoms with van der Waals surface area (Å²) in [5, 5.41) is 0. The Kier molecular flexibility index (Phi) is 4.37. The number of likely N-dealkylation sites (tertiary alicyclic amines) is 1. The van der Waals surface area contributed by atoms with E-state index in [4.69, 9.17) is 4.74 Å². The van der Waals surface area contributed by atoms with Gasteiger partial charge in [0.05, 0.1) is 6.61 Å². The van der Waals surface area contributed by atoms with Crippen molar-refractivity contribution in [1.29, 1.82) is 0 Å². The molecule has 1 spiro atoms. The molecular weight excluding hydrogens is 256 g/mol.